The summed E-state index contributed by atoms with van der Waals surface area (Å²) in [5.41, 5.74) is 8.13. The number of amides is 1. The molecular weight excluding hydrogens is 212 g/mol. The number of nitrogens with zero attached hydrogens (tertiary/aromatic N) is 4. The minimum absolute atomic E-state index is 0.118. The van der Waals surface area contributed by atoms with E-state index in [9.17, 15) is 14.9 Å². The lowest BCUT2D eigenvalue weighted by Crippen LogP contribution is -1.91. The molecule has 7 heteroatoms. The van der Waals surface area contributed by atoms with Crippen LogP contribution in [-0.2, 0) is 4.79 Å². The fourth-order valence-electron chi connectivity index (χ4n) is 1.03. The fraction of sp³-hybridized carbons (Fsp3) is 0. The quantitative estimate of drug-likeness (QED) is 0.194. The topological polar surface area (TPSA) is 109 Å². The Bertz CT molecular complexity index is 503. The number of para-hydroxylation sites is 1. The van der Waals surface area contributed by atoms with E-state index in [1.807, 2.05) is 0 Å². The van der Waals surface area contributed by atoms with Crippen molar-refractivity contribution >= 4 is 17.7 Å². The first-order chi connectivity index (χ1) is 7.65. The number of hydrogen-bond donors (Lipinski definition) is 0. The number of benzene rings is 1. The molecule has 1 aromatic rings. The van der Waals surface area contributed by atoms with Gasteiger partial charge in [-0.3, -0.25) is 14.9 Å². The van der Waals surface area contributed by atoms with Crippen LogP contribution in [0.3, 0.4) is 0 Å². The summed E-state index contributed by atoms with van der Waals surface area (Å²) >= 11 is 0. The van der Waals surface area contributed by atoms with Gasteiger partial charge in [-0.1, -0.05) is 12.1 Å². The first-order valence-corrected chi connectivity index (χ1v) is 4.15. The van der Waals surface area contributed by atoms with E-state index < -0.39 is 10.8 Å². The largest absolute Gasteiger partial charge is 0.288 e. The molecule has 1 rings (SSSR count). The second-order valence-corrected chi connectivity index (χ2v) is 2.68. The molecule has 0 aliphatic heterocycles. The lowest BCUT2D eigenvalue weighted by Gasteiger charge is -1.95. The van der Waals surface area contributed by atoms with Crippen LogP contribution in [0.4, 0.5) is 5.69 Å². The number of carbonyl (C=O) groups excluding carboxylic acids is 1. The molecule has 0 fully saturated rings. The Morgan fingerprint density at radius 3 is 2.81 bits per heavy atom. The summed E-state index contributed by atoms with van der Waals surface area (Å²) in [5.74, 6) is -0.805. The maximum Gasteiger partial charge on any atom is 0.276 e. The highest BCUT2D eigenvalue weighted by Gasteiger charge is 2.09. The Kier molecular flexibility index (Phi) is 3.77. The molecule has 0 heterocycles. The van der Waals surface area contributed by atoms with Gasteiger partial charge in [0, 0.05) is 11.0 Å². The molecule has 16 heavy (non-hydrogen) atoms. The summed E-state index contributed by atoms with van der Waals surface area (Å²) in [6.07, 6.45) is 2.21. The van der Waals surface area contributed by atoms with Crippen LogP contribution in [0.15, 0.2) is 35.5 Å². The van der Waals surface area contributed by atoms with Gasteiger partial charge in [-0.2, -0.15) is 0 Å². The lowest BCUT2D eigenvalue weighted by molar-refractivity contribution is -0.385. The fourth-order valence-corrected chi connectivity index (χ4v) is 1.03. The third-order valence-electron chi connectivity index (χ3n) is 1.68. The van der Waals surface area contributed by atoms with Gasteiger partial charge >= 0.3 is 0 Å². The number of azide groups is 1. The molecule has 0 aliphatic rings. The predicted molar refractivity (Wildman–Crippen MR) is 56.3 cm³/mol. The number of hydrogen-bond acceptors (Lipinski definition) is 3. The number of rotatable bonds is 3. The van der Waals surface area contributed by atoms with Gasteiger partial charge in [0.25, 0.3) is 5.69 Å². The van der Waals surface area contributed by atoms with E-state index >= 15 is 0 Å². The van der Waals surface area contributed by atoms with Crippen molar-refractivity contribution < 1.29 is 9.72 Å². The molecule has 0 aliphatic carbocycles. The van der Waals surface area contributed by atoms with E-state index in [0.717, 1.165) is 6.08 Å². The molecule has 0 saturated carbocycles. The molecule has 0 saturated heterocycles. The summed E-state index contributed by atoms with van der Waals surface area (Å²) < 4.78 is 0. The highest BCUT2D eigenvalue weighted by molar-refractivity contribution is 5.92. The van der Waals surface area contributed by atoms with Gasteiger partial charge in [0.05, 0.1) is 10.5 Å². The Balaban J connectivity index is 3.01. The predicted octanol–water partition coefficient (Wildman–Crippen LogP) is 2.44. The third kappa shape index (κ3) is 2.93. The van der Waals surface area contributed by atoms with Crippen molar-refractivity contribution in [3.63, 3.8) is 0 Å². The van der Waals surface area contributed by atoms with Crippen molar-refractivity contribution in [2.24, 2.45) is 5.11 Å². The van der Waals surface area contributed by atoms with Gasteiger partial charge in [-0.15, -0.1) is 0 Å². The summed E-state index contributed by atoms with van der Waals surface area (Å²) in [5, 5.41) is 13.4. The molecule has 7 nitrogen and oxygen atoms in total. The van der Waals surface area contributed by atoms with Gasteiger partial charge < -0.3 is 0 Å². The summed E-state index contributed by atoms with van der Waals surface area (Å²) in [7, 11) is 0. The van der Waals surface area contributed by atoms with Crippen LogP contribution in [0.1, 0.15) is 5.56 Å². The normalized spacial score (nSPS) is 9.75. The molecule has 0 N–H and O–H groups in total. The first kappa shape index (κ1) is 11.4. The summed E-state index contributed by atoms with van der Waals surface area (Å²) in [6.45, 7) is 0. The third-order valence-corrected chi connectivity index (χ3v) is 1.68. The molecule has 1 aromatic carbocycles. The minimum Gasteiger partial charge on any atom is -0.288 e. The van der Waals surface area contributed by atoms with Gasteiger partial charge in [-0.25, -0.2) is 0 Å². The smallest absolute Gasteiger partial charge is 0.276 e. The molecule has 80 valence electrons. The first-order valence-electron chi connectivity index (χ1n) is 4.15. The van der Waals surface area contributed by atoms with E-state index in [2.05, 4.69) is 10.0 Å². The van der Waals surface area contributed by atoms with Crippen molar-refractivity contribution in [2.45, 2.75) is 0 Å². The average Bonchev–Trinajstić information content (AvgIpc) is 2.27. The Morgan fingerprint density at radius 2 is 2.19 bits per heavy atom. The average molecular weight is 218 g/mol. The molecule has 0 unspecified atom stereocenters. The Labute approximate surface area is 89.8 Å². The standard InChI is InChI=1S/C9H6N4O3/c10-12-11-9(14)6-5-7-3-1-2-4-8(7)13(15)16/h1-6H/b6-5+. The van der Waals surface area contributed by atoms with E-state index in [1.165, 1.54) is 24.3 Å². The van der Waals surface area contributed by atoms with Gasteiger partial charge in [-0.05, 0) is 28.9 Å². The SMILES string of the molecule is [N-]=[N+]=NC(=O)/C=C/c1ccccc1[N+](=O)[O-]. The van der Waals surface area contributed by atoms with Crippen molar-refractivity contribution in [3.05, 3.63) is 56.5 Å². The summed E-state index contributed by atoms with van der Waals surface area (Å²) in [4.78, 5) is 23.2. The Morgan fingerprint density at radius 1 is 1.50 bits per heavy atom. The van der Waals surface area contributed by atoms with Crippen molar-refractivity contribution in [1.29, 1.82) is 0 Å². The zero-order valence-electron chi connectivity index (χ0n) is 7.98. The van der Waals surface area contributed by atoms with Crippen molar-refractivity contribution in [3.8, 4) is 0 Å². The molecule has 0 radical (unpaired) electrons. The maximum atomic E-state index is 10.8. The maximum absolute atomic E-state index is 10.8. The van der Waals surface area contributed by atoms with Crippen LogP contribution in [0.5, 0.6) is 0 Å². The van der Waals surface area contributed by atoms with E-state index in [4.69, 9.17) is 5.53 Å². The van der Waals surface area contributed by atoms with Crippen LogP contribution in [0, 0.1) is 10.1 Å². The molecule has 0 aromatic heterocycles. The lowest BCUT2D eigenvalue weighted by atomic mass is 10.1. The van der Waals surface area contributed by atoms with Crippen LogP contribution in [-0.4, -0.2) is 10.8 Å². The number of nitro groups is 1. The zero-order chi connectivity index (χ0) is 12.0. The van der Waals surface area contributed by atoms with Gasteiger partial charge in [0.15, 0.2) is 0 Å². The van der Waals surface area contributed by atoms with E-state index in [-0.39, 0.29) is 11.3 Å². The van der Waals surface area contributed by atoms with Gasteiger partial charge in [0.2, 0.25) is 5.91 Å². The highest BCUT2D eigenvalue weighted by atomic mass is 16.6. The molecule has 0 spiro atoms. The number of nitro benzene ring substituents is 1. The van der Waals surface area contributed by atoms with E-state index in [1.54, 1.807) is 6.07 Å². The van der Waals surface area contributed by atoms with E-state index in [0.29, 0.717) is 0 Å². The zero-order valence-corrected chi connectivity index (χ0v) is 7.98. The molecular formula is C9H6N4O3. The summed E-state index contributed by atoms with van der Waals surface area (Å²) in [6, 6.07) is 5.92. The second-order valence-electron chi connectivity index (χ2n) is 2.68. The van der Waals surface area contributed by atoms with Crippen LogP contribution >= 0.6 is 0 Å². The monoisotopic (exact) mass is 218 g/mol. The van der Waals surface area contributed by atoms with Crippen LogP contribution in [0.2, 0.25) is 0 Å². The molecule has 0 atom stereocenters. The molecule has 1 amide bonds. The molecule has 0 bridgehead atoms. The highest BCUT2D eigenvalue weighted by Crippen LogP contribution is 2.18. The minimum atomic E-state index is -0.805. The van der Waals surface area contributed by atoms with Crippen LogP contribution < -0.4 is 0 Å². The van der Waals surface area contributed by atoms with Crippen molar-refractivity contribution in [2.75, 3.05) is 0 Å². The van der Waals surface area contributed by atoms with Crippen LogP contribution in [0.25, 0.3) is 16.5 Å². The van der Waals surface area contributed by atoms with Crippen molar-refractivity contribution in [1.82, 2.24) is 0 Å². The second kappa shape index (κ2) is 5.28. The van der Waals surface area contributed by atoms with Gasteiger partial charge in [0.1, 0.15) is 0 Å². The number of carbonyl (C=O) groups is 1. The Hall–Kier alpha value is -2.66.